The topological polar surface area (TPSA) is 66.1 Å². The lowest BCUT2D eigenvalue weighted by molar-refractivity contribution is 0.122. The van der Waals surface area contributed by atoms with Crippen LogP contribution in [0.25, 0.3) is 11.2 Å². The van der Waals surface area contributed by atoms with Crippen molar-refractivity contribution in [2.24, 2.45) is 0 Å². The van der Waals surface area contributed by atoms with Crippen LogP contribution in [-0.2, 0) is 4.74 Å². The average molecular weight is 324 g/mol. The number of piperidine rings is 1. The minimum atomic E-state index is 0. The lowest BCUT2D eigenvalue weighted by atomic mass is 9.90. The smallest absolute Gasteiger partial charge is 0.205 e. The standard InChI is InChI=1S/C15H21N5O.ClH/c1-4-16-5-2-11(1)12-3-6-17-14-13(12)18-15(19-14)20-7-9-21-10-8-20;/h3,6,11,16H,1-2,4-5,7-10H2,(H,17,18,19);1H. The van der Waals surface area contributed by atoms with Crippen molar-refractivity contribution < 1.29 is 4.74 Å². The summed E-state index contributed by atoms with van der Waals surface area (Å²) in [5.74, 6) is 1.54. The number of fused-ring (bicyclic) bond motifs is 1. The molecule has 7 heteroatoms. The first kappa shape index (κ1) is 15.5. The third-order valence-corrected chi connectivity index (χ3v) is 4.50. The Morgan fingerprint density at radius 3 is 2.73 bits per heavy atom. The van der Waals surface area contributed by atoms with Crippen LogP contribution in [0.15, 0.2) is 12.3 Å². The number of pyridine rings is 1. The van der Waals surface area contributed by atoms with E-state index >= 15 is 0 Å². The summed E-state index contributed by atoms with van der Waals surface area (Å²) in [5.41, 5.74) is 3.33. The summed E-state index contributed by atoms with van der Waals surface area (Å²) in [7, 11) is 0. The van der Waals surface area contributed by atoms with E-state index in [1.165, 1.54) is 18.4 Å². The van der Waals surface area contributed by atoms with Crippen LogP contribution in [0.2, 0.25) is 0 Å². The van der Waals surface area contributed by atoms with Crippen LogP contribution >= 0.6 is 12.4 Å². The molecule has 0 spiro atoms. The van der Waals surface area contributed by atoms with Crippen LogP contribution in [0.3, 0.4) is 0 Å². The third kappa shape index (κ3) is 2.91. The molecule has 2 aliphatic heterocycles. The minimum Gasteiger partial charge on any atom is -0.378 e. The second kappa shape index (κ2) is 6.81. The van der Waals surface area contributed by atoms with E-state index in [1.807, 2.05) is 6.20 Å². The highest BCUT2D eigenvalue weighted by molar-refractivity contribution is 5.85. The van der Waals surface area contributed by atoms with Gasteiger partial charge in [0, 0.05) is 19.3 Å². The average Bonchev–Trinajstić information content (AvgIpc) is 3.00. The summed E-state index contributed by atoms with van der Waals surface area (Å²) < 4.78 is 5.41. The molecule has 0 unspecified atom stereocenters. The maximum Gasteiger partial charge on any atom is 0.205 e. The second-order valence-corrected chi connectivity index (χ2v) is 5.78. The van der Waals surface area contributed by atoms with E-state index in [0.29, 0.717) is 5.92 Å². The number of rotatable bonds is 2. The molecule has 2 N–H and O–H groups in total. The monoisotopic (exact) mass is 323 g/mol. The summed E-state index contributed by atoms with van der Waals surface area (Å²) in [5, 5.41) is 3.43. The first-order chi connectivity index (χ1) is 10.4. The molecule has 0 radical (unpaired) electrons. The van der Waals surface area contributed by atoms with Crippen molar-refractivity contribution in [2.75, 3.05) is 44.3 Å². The molecular formula is C15H22ClN5O. The molecule has 2 saturated heterocycles. The van der Waals surface area contributed by atoms with Crippen molar-refractivity contribution in [2.45, 2.75) is 18.8 Å². The lowest BCUT2D eigenvalue weighted by Gasteiger charge is -2.26. The quantitative estimate of drug-likeness (QED) is 0.880. The van der Waals surface area contributed by atoms with Gasteiger partial charge in [-0.05, 0) is 43.5 Å². The molecule has 6 nitrogen and oxygen atoms in total. The molecule has 120 valence electrons. The summed E-state index contributed by atoms with van der Waals surface area (Å²) in [6, 6.07) is 2.15. The molecule has 2 aliphatic rings. The van der Waals surface area contributed by atoms with Crippen molar-refractivity contribution in [3.05, 3.63) is 17.8 Å². The van der Waals surface area contributed by atoms with Crippen molar-refractivity contribution in [3.63, 3.8) is 0 Å². The third-order valence-electron chi connectivity index (χ3n) is 4.50. The number of H-pyrrole nitrogens is 1. The molecule has 2 aromatic heterocycles. The summed E-state index contributed by atoms with van der Waals surface area (Å²) in [6.07, 6.45) is 4.26. The van der Waals surface area contributed by atoms with Gasteiger partial charge in [0.1, 0.15) is 0 Å². The largest absolute Gasteiger partial charge is 0.378 e. The molecule has 0 aliphatic carbocycles. The second-order valence-electron chi connectivity index (χ2n) is 5.78. The predicted molar refractivity (Wildman–Crippen MR) is 89.0 cm³/mol. The summed E-state index contributed by atoms with van der Waals surface area (Å²) >= 11 is 0. The number of morpholine rings is 1. The van der Waals surface area contributed by atoms with Gasteiger partial charge < -0.3 is 19.9 Å². The van der Waals surface area contributed by atoms with Gasteiger partial charge in [0.15, 0.2) is 5.65 Å². The van der Waals surface area contributed by atoms with Gasteiger partial charge in [-0.2, -0.15) is 4.98 Å². The van der Waals surface area contributed by atoms with Gasteiger partial charge in [0.25, 0.3) is 0 Å². The Hall–Kier alpha value is -1.37. The van der Waals surface area contributed by atoms with Crippen LogP contribution in [0, 0.1) is 0 Å². The van der Waals surface area contributed by atoms with E-state index in [2.05, 4.69) is 31.2 Å². The first-order valence-electron chi connectivity index (χ1n) is 7.80. The maximum absolute atomic E-state index is 5.41. The van der Waals surface area contributed by atoms with E-state index in [1.54, 1.807) is 0 Å². The number of aromatic amines is 1. The van der Waals surface area contributed by atoms with Crippen LogP contribution in [0.5, 0.6) is 0 Å². The molecule has 0 saturated carbocycles. The highest BCUT2D eigenvalue weighted by Gasteiger charge is 2.21. The number of aromatic nitrogens is 3. The Morgan fingerprint density at radius 1 is 1.18 bits per heavy atom. The van der Waals surface area contributed by atoms with E-state index < -0.39 is 0 Å². The highest BCUT2D eigenvalue weighted by Crippen LogP contribution is 2.30. The fourth-order valence-corrected chi connectivity index (χ4v) is 3.32. The van der Waals surface area contributed by atoms with E-state index in [4.69, 9.17) is 4.74 Å². The van der Waals surface area contributed by atoms with Gasteiger partial charge in [-0.3, -0.25) is 0 Å². The number of hydrogen-bond acceptors (Lipinski definition) is 5. The lowest BCUT2D eigenvalue weighted by Crippen LogP contribution is -2.36. The molecule has 0 atom stereocenters. The zero-order valence-corrected chi connectivity index (χ0v) is 13.4. The van der Waals surface area contributed by atoms with Gasteiger partial charge in [0.05, 0.1) is 18.7 Å². The Labute approximate surface area is 136 Å². The Morgan fingerprint density at radius 2 is 1.95 bits per heavy atom. The van der Waals surface area contributed by atoms with Crippen LogP contribution in [-0.4, -0.2) is 54.3 Å². The van der Waals surface area contributed by atoms with Gasteiger partial charge in [-0.25, -0.2) is 4.98 Å². The first-order valence-corrected chi connectivity index (χ1v) is 7.80. The van der Waals surface area contributed by atoms with Gasteiger partial charge in [-0.15, -0.1) is 12.4 Å². The Kier molecular flexibility index (Phi) is 4.81. The molecule has 4 heterocycles. The molecule has 0 aromatic carbocycles. The van der Waals surface area contributed by atoms with E-state index in [-0.39, 0.29) is 12.4 Å². The van der Waals surface area contributed by atoms with Crippen molar-refractivity contribution >= 4 is 29.5 Å². The van der Waals surface area contributed by atoms with Gasteiger partial charge in [0.2, 0.25) is 5.95 Å². The summed E-state index contributed by atoms with van der Waals surface area (Å²) in [6.45, 7) is 5.51. The SMILES string of the molecule is Cl.c1cc(C2CCNCC2)c2[nH]c(N3CCOCC3)nc2n1. The van der Waals surface area contributed by atoms with Crippen molar-refractivity contribution in [1.82, 2.24) is 20.3 Å². The van der Waals surface area contributed by atoms with Crippen LogP contribution < -0.4 is 10.2 Å². The molecule has 0 amide bonds. The maximum atomic E-state index is 5.41. The number of nitrogens with zero attached hydrogens (tertiary/aromatic N) is 3. The van der Waals surface area contributed by atoms with E-state index in [9.17, 15) is 0 Å². The normalized spacial score (nSPS) is 20.1. The zero-order chi connectivity index (χ0) is 14.1. The molecule has 4 rings (SSSR count). The number of halogens is 1. The predicted octanol–water partition coefficient (Wildman–Crippen LogP) is 1.68. The van der Waals surface area contributed by atoms with Gasteiger partial charge >= 0.3 is 0 Å². The molecule has 0 bridgehead atoms. The molecule has 2 fully saturated rings. The van der Waals surface area contributed by atoms with Crippen LogP contribution in [0.4, 0.5) is 5.95 Å². The van der Waals surface area contributed by atoms with Crippen LogP contribution in [0.1, 0.15) is 24.3 Å². The minimum absolute atomic E-state index is 0. The van der Waals surface area contributed by atoms with Crippen molar-refractivity contribution in [1.29, 1.82) is 0 Å². The fourth-order valence-electron chi connectivity index (χ4n) is 3.32. The Bertz CT molecular complexity index is 619. The highest BCUT2D eigenvalue weighted by atomic mass is 35.5. The zero-order valence-electron chi connectivity index (χ0n) is 12.5. The number of ether oxygens (including phenoxy) is 1. The van der Waals surface area contributed by atoms with Gasteiger partial charge in [-0.1, -0.05) is 0 Å². The number of imidazole rings is 1. The summed E-state index contributed by atoms with van der Waals surface area (Å²) in [4.78, 5) is 14.9. The number of hydrogen-bond donors (Lipinski definition) is 2. The van der Waals surface area contributed by atoms with E-state index in [0.717, 1.165) is 56.5 Å². The molecule has 22 heavy (non-hydrogen) atoms. The Balaban J connectivity index is 0.00000144. The number of anilines is 1. The molecule has 2 aromatic rings. The molecular weight excluding hydrogens is 302 g/mol. The number of nitrogens with one attached hydrogen (secondary N) is 2. The fraction of sp³-hybridized carbons (Fsp3) is 0.600. The van der Waals surface area contributed by atoms with Crippen molar-refractivity contribution in [3.8, 4) is 0 Å².